The van der Waals surface area contributed by atoms with Crippen LogP contribution in [0.1, 0.15) is 78.1 Å². The summed E-state index contributed by atoms with van der Waals surface area (Å²) >= 11 is 0. The fraction of sp³-hybridized carbons (Fsp3) is 1.00. The minimum Gasteiger partial charge on any atom is -0.326 e. The zero-order valence-electron chi connectivity index (χ0n) is 11.4. The molecule has 0 aliphatic carbocycles. The van der Waals surface area contributed by atoms with Crippen LogP contribution in [0.25, 0.3) is 0 Å². The SMILES string of the molecule is CCCCCCCCCCCC(C)O[PH](=O)O. The summed E-state index contributed by atoms with van der Waals surface area (Å²) in [7, 11) is -2.74. The van der Waals surface area contributed by atoms with Crippen LogP contribution >= 0.6 is 8.25 Å². The van der Waals surface area contributed by atoms with Crippen LogP contribution in [0.3, 0.4) is 0 Å². The van der Waals surface area contributed by atoms with Gasteiger partial charge in [0.05, 0.1) is 6.10 Å². The van der Waals surface area contributed by atoms with Gasteiger partial charge in [0.2, 0.25) is 0 Å². The number of unbranched alkanes of at least 4 members (excludes halogenated alkanes) is 8. The molecule has 0 fully saturated rings. The van der Waals surface area contributed by atoms with Gasteiger partial charge in [0.15, 0.2) is 0 Å². The molecule has 0 aromatic heterocycles. The van der Waals surface area contributed by atoms with Crippen LogP contribution in [-0.2, 0) is 9.09 Å². The van der Waals surface area contributed by atoms with Gasteiger partial charge in [-0.2, -0.15) is 0 Å². The summed E-state index contributed by atoms with van der Waals surface area (Å²) < 4.78 is 15.3. The number of hydrogen-bond acceptors (Lipinski definition) is 2. The average molecular weight is 264 g/mol. The summed E-state index contributed by atoms with van der Waals surface area (Å²) in [6, 6.07) is 0. The summed E-state index contributed by atoms with van der Waals surface area (Å²) in [4.78, 5) is 8.59. The van der Waals surface area contributed by atoms with Crippen molar-refractivity contribution >= 4 is 8.25 Å². The highest BCUT2D eigenvalue weighted by atomic mass is 31.1. The molecule has 0 aromatic rings. The molecule has 0 saturated carbocycles. The van der Waals surface area contributed by atoms with Gasteiger partial charge >= 0.3 is 8.25 Å². The van der Waals surface area contributed by atoms with Crippen molar-refractivity contribution < 1.29 is 14.0 Å². The summed E-state index contributed by atoms with van der Waals surface area (Å²) in [5, 5.41) is 0. The Balaban J connectivity index is 3.10. The summed E-state index contributed by atoms with van der Waals surface area (Å²) in [6.45, 7) is 4.10. The number of hydrogen-bond donors (Lipinski definition) is 1. The van der Waals surface area contributed by atoms with E-state index in [0.29, 0.717) is 0 Å². The Morgan fingerprint density at radius 1 is 1.00 bits per heavy atom. The van der Waals surface area contributed by atoms with Gasteiger partial charge in [0, 0.05) is 0 Å². The maximum Gasteiger partial charge on any atom is 0.316 e. The molecular weight excluding hydrogens is 235 g/mol. The van der Waals surface area contributed by atoms with Crippen molar-refractivity contribution in [2.45, 2.75) is 84.2 Å². The summed E-state index contributed by atoms with van der Waals surface area (Å²) in [6.07, 6.45) is 12.5. The van der Waals surface area contributed by atoms with Gasteiger partial charge in [0.25, 0.3) is 0 Å². The Kier molecular flexibility index (Phi) is 12.7. The molecule has 0 heterocycles. The van der Waals surface area contributed by atoms with E-state index >= 15 is 0 Å². The summed E-state index contributed by atoms with van der Waals surface area (Å²) in [5.74, 6) is 0. The molecule has 2 unspecified atom stereocenters. The zero-order valence-corrected chi connectivity index (χ0v) is 12.4. The van der Waals surface area contributed by atoms with E-state index in [1.165, 1.54) is 51.4 Å². The Hall–Kier alpha value is 0.150. The molecule has 0 bridgehead atoms. The van der Waals surface area contributed by atoms with Crippen molar-refractivity contribution in [1.29, 1.82) is 0 Å². The van der Waals surface area contributed by atoms with Gasteiger partial charge in [-0.15, -0.1) is 0 Å². The molecule has 0 aliphatic rings. The minimum absolute atomic E-state index is 0.0732. The van der Waals surface area contributed by atoms with Gasteiger partial charge in [-0.05, 0) is 13.3 Å². The smallest absolute Gasteiger partial charge is 0.316 e. The standard InChI is InChI=1S/C13H29O3P/c1-3-4-5-6-7-8-9-10-11-12-13(2)16-17(14)15/h13,17H,3-12H2,1-2H3,(H,14,15). The number of rotatable bonds is 12. The molecule has 0 aliphatic heterocycles. The second-order valence-corrected chi connectivity index (χ2v) is 5.58. The third-order valence-electron chi connectivity index (χ3n) is 3.02. The highest BCUT2D eigenvalue weighted by molar-refractivity contribution is 7.32. The molecule has 0 aromatic carbocycles. The minimum atomic E-state index is -2.74. The quantitative estimate of drug-likeness (QED) is 0.410. The second-order valence-electron chi connectivity index (χ2n) is 4.81. The van der Waals surface area contributed by atoms with Crippen molar-refractivity contribution in [3.05, 3.63) is 0 Å². The third kappa shape index (κ3) is 14.1. The average Bonchev–Trinajstić information content (AvgIpc) is 2.26. The topological polar surface area (TPSA) is 46.5 Å². The van der Waals surface area contributed by atoms with Gasteiger partial charge in [-0.1, -0.05) is 64.7 Å². The lowest BCUT2D eigenvalue weighted by atomic mass is 10.1. The van der Waals surface area contributed by atoms with Crippen LogP contribution in [0.5, 0.6) is 0 Å². The van der Waals surface area contributed by atoms with Gasteiger partial charge in [-0.25, -0.2) is 0 Å². The molecule has 0 spiro atoms. The molecule has 4 heteroatoms. The Labute approximate surface area is 107 Å². The largest absolute Gasteiger partial charge is 0.326 e. The van der Waals surface area contributed by atoms with Crippen LogP contribution < -0.4 is 0 Å². The highest BCUT2D eigenvalue weighted by Crippen LogP contribution is 2.21. The van der Waals surface area contributed by atoms with Crippen molar-refractivity contribution in [1.82, 2.24) is 0 Å². The van der Waals surface area contributed by atoms with E-state index < -0.39 is 8.25 Å². The van der Waals surface area contributed by atoms with Crippen molar-refractivity contribution in [2.24, 2.45) is 0 Å². The molecule has 0 rings (SSSR count). The van der Waals surface area contributed by atoms with Crippen molar-refractivity contribution in [3.8, 4) is 0 Å². The van der Waals surface area contributed by atoms with E-state index in [2.05, 4.69) is 6.92 Å². The first-order valence-electron chi connectivity index (χ1n) is 7.06. The Morgan fingerprint density at radius 3 is 1.94 bits per heavy atom. The van der Waals surface area contributed by atoms with E-state index in [9.17, 15) is 4.57 Å². The Morgan fingerprint density at radius 2 is 1.47 bits per heavy atom. The van der Waals surface area contributed by atoms with Crippen LogP contribution in [0.2, 0.25) is 0 Å². The van der Waals surface area contributed by atoms with E-state index in [-0.39, 0.29) is 6.10 Å². The third-order valence-corrected chi connectivity index (χ3v) is 3.62. The van der Waals surface area contributed by atoms with E-state index in [1.54, 1.807) is 0 Å². The molecular formula is C13H29O3P. The van der Waals surface area contributed by atoms with Crippen LogP contribution in [-0.4, -0.2) is 11.0 Å². The fourth-order valence-electron chi connectivity index (χ4n) is 1.97. The highest BCUT2D eigenvalue weighted by Gasteiger charge is 2.04. The molecule has 0 radical (unpaired) electrons. The second kappa shape index (κ2) is 12.6. The molecule has 2 atom stereocenters. The van der Waals surface area contributed by atoms with Crippen LogP contribution in [0.4, 0.5) is 0 Å². The maximum atomic E-state index is 10.4. The first-order chi connectivity index (χ1) is 8.16. The lowest BCUT2D eigenvalue weighted by molar-refractivity contribution is 0.192. The first kappa shape index (κ1) is 17.2. The van der Waals surface area contributed by atoms with Gasteiger partial charge < -0.3 is 9.42 Å². The lowest BCUT2D eigenvalue weighted by Crippen LogP contribution is -2.02. The molecule has 0 amide bonds. The molecule has 0 saturated heterocycles. The van der Waals surface area contributed by atoms with E-state index in [4.69, 9.17) is 9.42 Å². The van der Waals surface area contributed by atoms with Crippen LogP contribution in [0, 0.1) is 0 Å². The predicted octanol–water partition coefficient (Wildman–Crippen LogP) is 4.69. The normalized spacial score (nSPS) is 14.8. The maximum absolute atomic E-state index is 10.4. The lowest BCUT2D eigenvalue weighted by Gasteiger charge is -2.09. The summed E-state index contributed by atoms with van der Waals surface area (Å²) in [5.41, 5.74) is 0. The van der Waals surface area contributed by atoms with Crippen molar-refractivity contribution in [3.63, 3.8) is 0 Å². The Bertz CT molecular complexity index is 186. The zero-order chi connectivity index (χ0) is 12.9. The first-order valence-corrected chi connectivity index (χ1v) is 8.32. The molecule has 1 N–H and O–H groups in total. The van der Waals surface area contributed by atoms with Crippen molar-refractivity contribution in [2.75, 3.05) is 0 Å². The van der Waals surface area contributed by atoms with Gasteiger partial charge in [-0.3, -0.25) is 4.57 Å². The van der Waals surface area contributed by atoms with Crippen LogP contribution in [0.15, 0.2) is 0 Å². The van der Waals surface area contributed by atoms with Gasteiger partial charge in [0.1, 0.15) is 0 Å². The van der Waals surface area contributed by atoms with E-state index in [0.717, 1.165) is 12.8 Å². The van der Waals surface area contributed by atoms with E-state index in [1.807, 2.05) is 6.92 Å². The fourth-order valence-corrected chi connectivity index (χ4v) is 2.44. The molecule has 17 heavy (non-hydrogen) atoms. The molecule has 104 valence electrons. The molecule has 3 nitrogen and oxygen atoms in total. The predicted molar refractivity (Wildman–Crippen MR) is 73.6 cm³/mol. The monoisotopic (exact) mass is 264 g/mol.